The molecule has 0 spiro atoms. The van der Waals surface area contributed by atoms with Gasteiger partial charge in [-0.15, -0.1) is 0 Å². The number of amides is 1. The van der Waals surface area contributed by atoms with E-state index >= 15 is 0 Å². The molecule has 0 saturated heterocycles. The number of hydrogen-bond donors (Lipinski definition) is 1. The van der Waals surface area contributed by atoms with E-state index in [1.54, 1.807) is 18.2 Å². The number of benzene rings is 2. The molecule has 2 rings (SSSR count). The van der Waals surface area contributed by atoms with Gasteiger partial charge in [-0.1, -0.05) is 18.2 Å². The molecule has 2 aromatic rings. The maximum absolute atomic E-state index is 12.3. The average Bonchev–Trinajstić information content (AvgIpc) is 2.61. The lowest BCUT2D eigenvalue weighted by atomic mass is 10.1. The summed E-state index contributed by atoms with van der Waals surface area (Å²) in [7, 11) is -3.44. The Bertz CT molecular complexity index is 926. The quantitative estimate of drug-likeness (QED) is 0.688. The van der Waals surface area contributed by atoms with Gasteiger partial charge in [-0.25, -0.2) is 8.42 Å². The van der Waals surface area contributed by atoms with Gasteiger partial charge in [0.15, 0.2) is 0 Å². The average molecular weight is 405 g/mol. The molecule has 0 aliphatic rings. The smallest absolute Gasteiger partial charge is 0.232 e. The summed E-state index contributed by atoms with van der Waals surface area (Å²) in [6, 6.07) is 12.8. The predicted molar refractivity (Wildman–Crippen MR) is 114 cm³/mol. The van der Waals surface area contributed by atoms with Crippen molar-refractivity contribution in [1.29, 1.82) is 0 Å². The lowest BCUT2D eigenvalue weighted by molar-refractivity contribution is -0.116. The number of anilines is 2. The number of carbonyl (C=O) groups is 1. The molecule has 0 aliphatic heterocycles. The first-order chi connectivity index (χ1) is 13.2. The van der Waals surface area contributed by atoms with Gasteiger partial charge in [-0.2, -0.15) is 0 Å². The summed E-state index contributed by atoms with van der Waals surface area (Å²) in [4.78, 5) is 12.3. The van der Waals surface area contributed by atoms with E-state index in [9.17, 15) is 13.2 Å². The number of rotatable bonds is 9. The second-order valence-electron chi connectivity index (χ2n) is 6.67. The maximum Gasteiger partial charge on any atom is 0.232 e. The molecule has 2 aromatic carbocycles. The highest BCUT2D eigenvalue weighted by molar-refractivity contribution is 7.92. The van der Waals surface area contributed by atoms with Crippen molar-refractivity contribution in [3.05, 3.63) is 53.6 Å². The molecule has 0 heterocycles. The first kappa shape index (κ1) is 21.8. The van der Waals surface area contributed by atoms with Crippen molar-refractivity contribution in [2.45, 2.75) is 33.6 Å². The van der Waals surface area contributed by atoms with E-state index in [0.717, 1.165) is 11.1 Å². The fourth-order valence-electron chi connectivity index (χ4n) is 2.91. The Morgan fingerprint density at radius 2 is 1.86 bits per heavy atom. The van der Waals surface area contributed by atoms with Crippen LogP contribution in [0.2, 0.25) is 0 Å². The van der Waals surface area contributed by atoms with E-state index in [1.165, 1.54) is 10.6 Å². The molecule has 0 aliphatic carbocycles. The topological polar surface area (TPSA) is 75.7 Å². The number of hydrogen-bond acceptors (Lipinski definition) is 4. The number of aryl methyl sites for hydroxylation is 1. The zero-order valence-corrected chi connectivity index (χ0v) is 17.7. The maximum atomic E-state index is 12.3. The summed E-state index contributed by atoms with van der Waals surface area (Å²) in [6.07, 6.45) is 1.82. The molecule has 0 fully saturated rings. The molecule has 1 amide bonds. The highest BCUT2D eigenvalue weighted by Crippen LogP contribution is 2.25. The van der Waals surface area contributed by atoms with Crippen LogP contribution < -0.4 is 14.4 Å². The molecule has 1 N–H and O–H groups in total. The van der Waals surface area contributed by atoms with E-state index in [1.807, 2.05) is 45.0 Å². The molecule has 28 heavy (non-hydrogen) atoms. The number of sulfonamides is 1. The second-order valence-corrected chi connectivity index (χ2v) is 8.57. The molecule has 0 aromatic heterocycles. The van der Waals surface area contributed by atoms with Crippen molar-refractivity contribution in [2.24, 2.45) is 0 Å². The van der Waals surface area contributed by atoms with Gasteiger partial charge in [0, 0.05) is 24.7 Å². The van der Waals surface area contributed by atoms with Crippen molar-refractivity contribution < 1.29 is 17.9 Å². The fraction of sp³-hybridized carbons (Fsp3) is 0.381. The third-order valence-corrected chi connectivity index (χ3v) is 5.62. The Kier molecular flexibility index (Phi) is 7.45. The monoisotopic (exact) mass is 404 g/mol. The SMILES string of the molecule is CCOc1cccc(NC(=O)CCCN(c2cccc(C)c2C)S(C)(=O)=O)c1. The Morgan fingerprint density at radius 1 is 1.14 bits per heavy atom. The van der Waals surface area contributed by atoms with Crippen LogP contribution in [0.25, 0.3) is 0 Å². The summed E-state index contributed by atoms with van der Waals surface area (Å²) in [5, 5.41) is 2.83. The molecule has 0 radical (unpaired) electrons. The van der Waals surface area contributed by atoms with Gasteiger partial charge in [0.2, 0.25) is 15.9 Å². The molecule has 0 saturated carbocycles. The summed E-state index contributed by atoms with van der Waals surface area (Å²) in [6.45, 7) is 6.55. The van der Waals surface area contributed by atoms with Gasteiger partial charge >= 0.3 is 0 Å². The molecule has 0 unspecified atom stereocenters. The van der Waals surface area contributed by atoms with Crippen molar-refractivity contribution in [1.82, 2.24) is 0 Å². The third kappa shape index (κ3) is 5.99. The first-order valence-corrected chi connectivity index (χ1v) is 11.1. The Hall–Kier alpha value is -2.54. The highest BCUT2D eigenvalue weighted by Gasteiger charge is 2.19. The van der Waals surface area contributed by atoms with Gasteiger partial charge in [-0.05, 0) is 56.5 Å². The Labute approximate surface area is 167 Å². The summed E-state index contributed by atoms with van der Waals surface area (Å²) >= 11 is 0. The summed E-state index contributed by atoms with van der Waals surface area (Å²) in [5.41, 5.74) is 3.26. The third-order valence-electron chi connectivity index (χ3n) is 4.44. The van der Waals surface area contributed by atoms with Gasteiger partial charge in [0.05, 0.1) is 18.6 Å². The van der Waals surface area contributed by atoms with Crippen LogP contribution >= 0.6 is 0 Å². The standard InChI is InChI=1S/C21H28N2O4S/c1-5-27-19-11-7-10-18(15-19)22-21(24)13-8-14-23(28(4,25)26)20-12-6-9-16(2)17(20)3/h6-7,9-12,15H,5,8,13-14H2,1-4H3,(H,22,24). The zero-order chi connectivity index (χ0) is 20.7. The first-order valence-electron chi connectivity index (χ1n) is 9.29. The molecule has 0 atom stereocenters. The summed E-state index contributed by atoms with van der Waals surface area (Å²) in [5.74, 6) is 0.529. The molecule has 152 valence electrons. The Balaban J connectivity index is 2.00. The lowest BCUT2D eigenvalue weighted by Crippen LogP contribution is -2.32. The molecular weight excluding hydrogens is 376 g/mol. The molecule has 0 bridgehead atoms. The van der Waals surface area contributed by atoms with Crippen LogP contribution in [0.5, 0.6) is 5.75 Å². The zero-order valence-electron chi connectivity index (χ0n) is 16.9. The van der Waals surface area contributed by atoms with E-state index in [-0.39, 0.29) is 18.9 Å². The van der Waals surface area contributed by atoms with Crippen molar-refractivity contribution >= 4 is 27.3 Å². The summed E-state index contributed by atoms with van der Waals surface area (Å²) < 4.78 is 31.3. The van der Waals surface area contributed by atoms with Crippen LogP contribution in [0, 0.1) is 13.8 Å². The minimum atomic E-state index is -3.44. The minimum Gasteiger partial charge on any atom is -0.494 e. The highest BCUT2D eigenvalue weighted by atomic mass is 32.2. The van der Waals surface area contributed by atoms with Crippen LogP contribution in [-0.4, -0.2) is 33.7 Å². The van der Waals surface area contributed by atoms with Gasteiger partial charge in [0.1, 0.15) is 5.75 Å². The van der Waals surface area contributed by atoms with Crippen LogP contribution in [0.4, 0.5) is 11.4 Å². The van der Waals surface area contributed by atoms with Gasteiger partial charge < -0.3 is 10.1 Å². The largest absolute Gasteiger partial charge is 0.494 e. The van der Waals surface area contributed by atoms with E-state index < -0.39 is 10.0 Å². The van der Waals surface area contributed by atoms with Crippen LogP contribution in [0.3, 0.4) is 0 Å². The molecule has 7 heteroatoms. The van der Waals surface area contributed by atoms with Crippen molar-refractivity contribution in [3.8, 4) is 5.75 Å². The van der Waals surface area contributed by atoms with Crippen LogP contribution in [0.1, 0.15) is 30.9 Å². The van der Waals surface area contributed by atoms with Crippen LogP contribution in [0.15, 0.2) is 42.5 Å². The number of nitrogens with zero attached hydrogens (tertiary/aromatic N) is 1. The fourth-order valence-corrected chi connectivity index (χ4v) is 3.92. The normalized spacial score (nSPS) is 11.1. The van der Waals surface area contributed by atoms with Crippen molar-refractivity contribution in [2.75, 3.05) is 29.0 Å². The Morgan fingerprint density at radius 3 is 2.54 bits per heavy atom. The van der Waals surface area contributed by atoms with Crippen LogP contribution in [-0.2, 0) is 14.8 Å². The number of nitrogens with one attached hydrogen (secondary N) is 1. The number of carbonyl (C=O) groups excluding carboxylic acids is 1. The minimum absolute atomic E-state index is 0.164. The molecular formula is C21H28N2O4S. The second kappa shape index (κ2) is 9.59. The number of ether oxygens (including phenoxy) is 1. The van der Waals surface area contributed by atoms with E-state index in [2.05, 4.69) is 5.32 Å². The van der Waals surface area contributed by atoms with Crippen molar-refractivity contribution in [3.63, 3.8) is 0 Å². The van der Waals surface area contributed by atoms with E-state index in [4.69, 9.17) is 4.74 Å². The molecule has 6 nitrogen and oxygen atoms in total. The lowest BCUT2D eigenvalue weighted by Gasteiger charge is -2.24. The van der Waals surface area contributed by atoms with E-state index in [0.29, 0.717) is 30.2 Å². The predicted octanol–water partition coefficient (Wildman–Crippen LogP) is 3.89. The van der Waals surface area contributed by atoms with Gasteiger partial charge in [-0.3, -0.25) is 9.10 Å². The van der Waals surface area contributed by atoms with Gasteiger partial charge in [0.25, 0.3) is 0 Å².